The maximum Gasteiger partial charge on any atom is 0.274 e. The van der Waals surface area contributed by atoms with Crippen molar-refractivity contribution in [1.29, 1.82) is 0 Å². The number of amides is 1. The molecule has 8 nitrogen and oxygen atoms in total. The monoisotopic (exact) mass is 498 g/mol. The topological polar surface area (TPSA) is 84.7 Å². The van der Waals surface area contributed by atoms with Gasteiger partial charge in [-0.25, -0.2) is 17.5 Å². The van der Waals surface area contributed by atoms with E-state index < -0.39 is 10.0 Å². The van der Waals surface area contributed by atoms with Crippen LogP contribution in [0.25, 0.3) is 5.69 Å². The Balaban J connectivity index is 1.31. The highest BCUT2D eigenvalue weighted by atomic mass is 32.2. The normalized spacial score (nSPS) is 16.3. The predicted octanol–water partition coefficient (Wildman–Crippen LogP) is 3.05. The molecular formula is C25H27FN4O4S. The first-order chi connectivity index (χ1) is 16.9. The zero-order valence-electron chi connectivity index (χ0n) is 19.5. The summed E-state index contributed by atoms with van der Waals surface area (Å²) in [5.41, 5.74) is 3.04. The molecule has 1 saturated heterocycles. The molecule has 1 aliphatic carbocycles. The van der Waals surface area contributed by atoms with Gasteiger partial charge in [-0.3, -0.25) is 4.79 Å². The van der Waals surface area contributed by atoms with Crippen molar-refractivity contribution >= 4 is 15.9 Å². The largest absolute Gasteiger partial charge is 0.494 e. The van der Waals surface area contributed by atoms with Crippen molar-refractivity contribution in [3.05, 3.63) is 71.3 Å². The SMILES string of the molecule is CCOc1ccc(S(=O)(=O)N2CCN(C(=O)c3nn(-c4ccc(F)cc4)c4c3CCC4)CC2)cc1. The van der Waals surface area contributed by atoms with E-state index in [1.54, 1.807) is 46.0 Å². The van der Waals surface area contributed by atoms with E-state index in [0.29, 0.717) is 18.1 Å². The van der Waals surface area contributed by atoms with Crippen LogP contribution in [-0.2, 0) is 22.9 Å². The Labute approximate surface area is 204 Å². The van der Waals surface area contributed by atoms with E-state index >= 15 is 0 Å². The van der Waals surface area contributed by atoms with E-state index in [9.17, 15) is 17.6 Å². The maximum absolute atomic E-state index is 13.4. The highest BCUT2D eigenvalue weighted by Crippen LogP contribution is 2.29. The molecule has 3 aromatic rings. The van der Waals surface area contributed by atoms with Crippen molar-refractivity contribution in [2.75, 3.05) is 32.8 Å². The average molecular weight is 499 g/mol. The highest BCUT2D eigenvalue weighted by Gasteiger charge is 2.34. The van der Waals surface area contributed by atoms with E-state index in [1.807, 2.05) is 6.92 Å². The average Bonchev–Trinajstić information content (AvgIpc) is 3.48. The fraction of sp³-hybridized carbons (Fsp3) is 0.360. The molecule has 0 N–H and O–H groups in total. The van der Waals surface area contributed by atoms with Crippen LogP contribution < -0.4 is 4.74 Å². The molecule has 0 unspecified atom stereocenters. The molecule has 1 fully saturated rings. The van der Waals surface area contributed by atoms with Crippen LogP contribution in [0.5, 0.6) is 5.75 Å². The molecule has 0 atom stereocenters. The van der Waals surface area contributed by atoms with Crippen molar-refractivity contribution in [2.45, 2.75) is 31.1 Å². The molecule has 2 aromatic carbocycles. The number of sulfonamides is 1. The lowest BCUT2D eigenvalue weighted by Gasteiger charge is -2.33. The maximum atomic E-state index is 13.4. The number of rotatable bonds is 6. The van der Waals surface area contributed by atoms with Gasteiger partial charge in [0, 0.05) is 37.4 Å². The molecule has 184 valence electrons. The number of carbonyl (C=O) groups is 1. The van der Waals surface area contributed by atoms with Crippen molar-refractivity contribution in [3.63, 3.8) is 0 Å². The number of hydrogen-bond acceptors (Lipinski definition) is 5. The zero-order chi connectivity index (χ0) is 24.6. The number of fused-ring (bicyclic) bond motifs is 1. The van der Waals surface area contributed by atoms with E-state index in [1.165, 1.54) is 16.4 Å². The van der Waals surface area contributed by atoms with Gasteiger partial charge in [0.15, 0.2) is 5.69 Å². The minimum absolute atomic E-state index is 0.192. The molecule has 2 aliphatic rings. The van der Waals surface area contributed by atoms with E-state index in [-0.39, 0.29) is 42.8 Å². The van der Waals surface area contributed by atoms with E-state index in [4.69, 9.17) is 4.74 Å². The molecule has 10 heteroatoms. The standard InChI is InChI=1S/C25H27FN4O4S/c1-2-34-20-10-12-21(13-11-20)35(32,33)29-16-14-28(15-17-29)25(31)24-22-4-3-5-23(22)30(27-24)19-8-6-18(26)7-9-19/h6-13H,2-5,14-17H2,1H3. The third-order valence-electron chi connectivity index (χ3n) is 6.50. The van der Waals surface area contributed by atoms with Gasteiger partial charge in [-0.15, -0.1) is 0 Å². The first kappa shape index (κ1) is 23.5. The molecule has 0 saturated carbocycles. The minimum Gasteiger partial charge on any atom is -0.494 e. The number of carbonyl (C=O) groups excluding carboxylic acids is 1. The van der Waals surface area contributed by atoms with Gasteiger partial charge in [0.05, 0.1) is 17.2 Å². The second-order valence-electron chi connectivity index (χ2n) is 8.62. The number of aromatic nitrogens is 2. The predicted molar refractivity (Wildman–Crippen MR) is 128 cm³/mol. The minimum atomic E-state index is -3.66. The van der Waals surface area contributed by atoms with Gasteiger partial charge < -0.3 is 9.64 Å². The third-order valence-corrected chi connectivity index (χ3v) is 8.42. The Hall–Kier alpha value is -3.24. The Morgan fingerprint density at radius 2 is 1.69 bits per heavy atom. The molecule has 1 amide bonds. The first-order valence-electron chi connectivity index (χ1n) is 11.8. The highest BCUT2D eigenvalue weighted by molar-refractivity contribution is 7.89. The lowest BCUT2D eigenvalue weighted by Crippen LogP contribution is -2.50. The first-order valence-corrected chi connectivity index (χ1v) is 13.2. The summed E-state index contributed by atoms with van der Waals surface area (Å²) in [6, 6.07) is 12.4. The van der Waals surface area contributed by atoms with Gasteiger partial charge in [-0.2, -0.15) is 9.40 Å². The van der Waals surface area contributed by atoms with Crippen molar-refractivity contribution in [1.82, 2.24) is 19.0 Å². The molecule has 1 aliphatic heterocycles. The second-order valence-corrected chi connectivity index (χ2v) is 10.6. The lowest BCUT2D eigenvalue weighted by molar-refractivity contribution is 0.0690. The number of halogens is 1. The number of ether oxygens (including phenoxy) is 1. The summed E-state index contributed by atoms with van der Waals surface area (Å²) in [4.78, 5) is 15.3. The fourth-order valence-corrected chi connectivity index (χ4v) is 6.13. The number of benzene rings is 2. The number of hydrogen-bond donors (Lipinski definition) is 0. The van der Waals surface area contributed by atoms with Gasteiger partial charge in [0.2, 0.25) is 10.0 Å². The van der Waals surface area contributed by atoms with Gasteiger partial charge in [0.25, 0.3) is 5.91 Å². The quantitative estimate of drug-likeness (QED) is 0.522. The molecule has 0 radical (unpaired) electrons. The van der Waals surface area contributed by atoms with E-state index in [0.717, 1.165) is 36.2 Å². The number of nitrogens with zero attached hydrogens (tertiary/aromatic N) is 4. The summed E-state index contributed by atoms with van der Waals surface area (Å²) >= 11 is 0. The van der Waals surface area contributed by atoms with Crippen LogP contribution in [0.2, 0.25) is 0 Å². The Kier molecular flexibility index (Phi) is 6.33. The molecule has 2 heterocycles. The van der Waals surface area contributed by atoms with Crippen LogP contribution in [0.3, 0.4) is 0 Å². The number of piperazine rings is 1. The molecule has 1 aromatic heterocycles. The second kappa shape index (κ2) is 9.43. The molecule has 0 spiro atoms. The molecule has 5 rings (SSSR count). The Morgan fingerprint density at radius 1 is 1.00 bits per heavy atom. The van der Waals surface area contributed by atoms with Crippen molar-refractivity contribution in [2.24, 2.45) is 0 Å². The van der Waals surface area contributed by atoms with Crippen LogP contribution in [-0.4, -0.2) is 66.1 Å². The third kappa shape index (κ3) is 4.43. The Morgan fingerprint density at radius 3 is 2.34 bits per heavy atom. The molecule has 35 heavy (non-hydrogen) atoms. The summed E-state index contributed by atoms with van der Waals surface area (Å²) in [5, 5.41) is 4.60. The van der Waals surface area contributed by atoms with Crippen LogP contribution in [0.15, 0.2) is 53.4 Å². The van der Waals surface area contributed by atoms with Crippen LogP contribution in [0, 0.1) is 5.82 Å². The van der Waals surface area contributed by atoms with Gasteiger partial charge in [-0.05, 0) is 74.7 Å². The van der Waals surface area contributed by atoms with Crippen molar-refractivity contribution < 1.29 is 22.3 Å². The summed E-state index contributed by atoms with van der Waals surface area (Å²) in [5.74, 6) is 0.100. The van der Waals surface area contributed by atoms with Crippen LogP contribution in [0.4, 0.5) is 4.39 Å². The van der Waals surface area contributed by atoms with E-state index in [2.05, 4.69) is 5.10 Å². The Bertz CT molecular complexity index is 1330. The summed E-state index contributed by atoms with van der Waals surface area (Å²) in [6.45, 7) is 3.37. The zero-order valence-corrected chi connectivity index (χ0v) is 20.3. The smallest absolute Gasteiger partial charge is 0.274 e. The van der Waals surface area contributed by atoms with Crippen LogP contribution in [0.1, 0.15) is 35.1 Å². The van der Waals surface area contributed by atoms with Gasteiger partial charge in [-0.1, -0.05) is 0 Å². The van der Waals surface area contributed by atoms with Crippen LogP contribution >= 0.6 is 0 Å². The fourth-order valence-electron chi connectivity index (χ4n) is 4.71. The molecular weight excluding hydrogens is 471 g/mol. The lowest BCUT2D eigenvalue weighted by atomic mass is 10.1. The molecule has 0 bridgehead atoms. The van der Waals surface area contributed by atoms with Gasteiger partial charge >= 0.3 is 0 Å². The van der Waals surface area contributed by atoms with Crippen molar-refractivity contribution in [3.8, 4) is 11.4 Å². The summed E-state index contributed by atoms with van der Waals surface area (Å²) in [6.07, 6.45) is 2.51. The van der Waals surface area contributed by atoms with Gasteiger partial charge in [0.1, 0.15) is 11.6 Å². The summed E-state index contributed by atoms with van der Waals surface area (Å²) in [7, 11) is -3.66. The summed E-state index contributed by atoms with van der Waals surface area (Å²) < 4.78 is 48.1.